The van der Waals surface area contributed by atoms with Gasteiger partial charge in [-0.2, -0.15) is 5.10 Å². The van der Waals surface area contributed by atoms with Gasteiger partial charge in [0.15, 0.2) is 10.8 Å². The number of benzene rings is 1. The van der Waals surface area contributed by atoms with E-state index in [1.54, 1.807) is 4.68 Å². The minimum absolute atomic E-state index is 0.266. The topological polar surface area (TPSA) is 59.8 Å². The number of aryl methyl sites for hydroxylation is 1. The summed E-state index contributed by atoms with van der Waals surface area (Å²) in [5.41, 5.74) is 2.06. The molecule has 7 heteroatoms. The van der Waals surface area contributed by atoms with Crippen LogP contribution in [0.1, 0.15) is 16.2 Å². The summed E-state index contributed by atoms with van der Waals surface area (Å²) >= 11 is 7.04. The smallest absolute Gasteiger partial charge is 0.278 e. The lowest BCUT2D eigenvalue weighted by atomic mass is 10.2. The number of carbonyl (C=O) groups is 1. The molecule has 0 fully saturated rings. The Morgan fingerprint density at radius 3 is 3.00 bits per heavy atom. The molecule has 0 atom stereocenters. The number of aromatic nitrogens is 3. The van der Waals surface area contributed by atoms with E-state index in [-0.39, 0.29) is 5.91 Å². The van der Waals surface area contributed by atoms with E-state index >= 15 is 0 Å². The van der Waals surface area contributed by atoms with Crippen LogP contribution in [0.3, 0.4) is 0 Å². The minimum atomic E-state index is -0.266. The molecule has 5 nitrogen and oxygen atoms in total. The van der Waals surface area contributed by atoms with Crippen molar-refractivity contribution in [2.45, 2.75) is 5.88 Å². The molecule has 0 radical (unpaired) electrons. The lowest BCUT2D eigenvalue weighted by Crippen LogP contribution is -2.13. The summed E-state index contributed by atoms with van der Waals surface area (Å²) in [6.45, 7) is 0. The van der Waals surface area contributed by atoms with Gasteiger partial charge in [-0.15, -0.1) is 22.9 Å². The lowest BCUT2D eigenvalue weighted by Gasteiger charge is -1.98. The molecule has 0 spiro atoms. The molecule has 102 valence electrons. The van der Waals surface area contributed by atoms with Crippen LogP contribution in [0.25, 0.3) is 10.9 Å². The third-order valence-corrected chi connectivity index (χ3v) is 3.96. The maximum absolute atomic E-state index is 12.3. The van der Waals surface area contributed by atoms with Gasteiger partial charge < -0.3 is 0 Å². The van der Waals surface area contributed by atoms with Gasteiger partial charge in [-0.05, 0) is 6.07 Å². The van der Waals surface area contributed by atoms with Crippen LogP contribution in [-0.2, 0) is 12.9 Å². The van der Waals surface area contributed by atoms with Crippen molar-refractivity contribution in [3.63, 3.8) is 0 Å². The largest absolute Gasteiger partial charge is 0.296 e. The molecular formula is C13H11ClN4OS. The van der Waals surface area contributed by atoms with Crippen LogP contribution < -0.4 is 5.32 Å². The number of hydrogen-bond donors (Lipinski definition) is 1. The molecular weight excluding hydrogens is 296 g/mol. The van der Waals surface area contributed by atoms with Crippen LogP contribution in [0.2, 0.25) is 0 Å². The Morgan fingerprint density at radius 1 is 1.45 bits per heavy atom. The molecule has 2 heterocycles. The normalized spacial score (nSPS) is 10.9. The molecule has 0 aliphatic heterocycles. The number of nitrogens with one attached hydrogen (secondary N) is 1. The zero-order valence-corrected chi connectivity index (χ0v) is 12.2. The molecule has 0 aliphatic carbocycles. The lowest BCUT2D eigenvalue weighted by molar-refractivity contribution is 0.102. The Labute approximate surface area is 124 Å². The Morgan fingerprint density at radius 2 is 2.25 bits per heavy atom. The summed E-state index contributed by atoms with van der Waals surface area (Å²) in [6, 6.07) is 7.60. The van der Waals surface area contributed by atoms with Gasteiger partial charge in [-0.3, -0.25) is 14.8 Å². The second-order valence-electron chi connectivity index (χ2n) is 4.22. The summed E-state index contributed by atoms with van der Waals surface area (Å²) in [5.74, 6) is 0.0658. The SMILES string of the molecule is Cn1nc(C(=O)Nc2nc(CCl)cs2)c2ccccc21. The first-order valence-electron chi connectivity index (χ1n) is 5.92. The average molecular weight is 307 g/mol. The monoisotopic (exact) mass is 306 g/mol. The van der Waals surface area contributed by atoms with Gasteiger partial charge in [-0.1, -0.05) is 18.2 Å². The van der Waals surface area contributed by atoms with E-state index in [2.05, 4.69) is 15.4 Å². The summed E-state index contributed by atoms with van der Waals surface area (Å²) in [4.78, 5) is 16.5. The molecule has 2 aromatic heterocycles. The number of alkyl halides is 1. The van der Waals surface area contributed by atoms with Crippen molar-refractivity contribution in [1.82, 2.24) is 14.8 Å². The highest BCUT2D eigenvalue weighted by molar-refractivity contribution is 7.14. The van der Waals surface area contributed by atoms with Crippen molar-refractivity contribution in [2.75, 3.05) is 5.32 Å². The number of rotatable bonds is 3. The Kier molecular flexibility index (Phi) is 3.42. The fourth-order valence-electron chi connectivity index (χ4n) is 1.96. The van der Waals surface area contributed by atoms with E-state index in [1.807, 2.05) is 36.7 Å². The number of amides is 1. The van der Waals surface area contributed by atoms with Crippen molar-refractivity contribution in [2.24, 2.45) is 7.05 Å². The standard InChI is InChI=1S/C13H11ClN4OS/c1-18-10-5-3-2-4-9(10)11(17-18)12(19)16-13-15-8(6-14)7-20-13/h2-5,7H,6H2,1H3,(H,15,16,19). The first-order chi connectivity index (χ1) is 9.69. The fourth-order valence-corrected chi connectivity index (χ4v) is 2.90. The minimum Gasteiger partial charge on any atom is -0.296 e. The van der Waals surface area contributed by atoms with Gasteiger partial charge in [0, 0.05) is 17.8 Å². The molecule has 20 heavy (non-hydrogen) atoms. The van der Waals surface area contributed by atoms with Crippen molar-refractivity contribution < 1.29 is 4.79 Å². The van der Waals surface area contributed by atoms with Crippen LogP contribution in [0.15, 0.2) is 29.6 Å². The van der Waals surface area contributed by atoms with Crippen LogP contribution >= 0.6 is 22.9 Å². The van der Waals surface area contributed by atoms with Crippen molar-refractivity contribution >= 4 is 44.9 Å². The maximum Gasteiger partial charge on any atom is 0.278 e. The zero-order chi connectivity index (χ0) is 14.1. The maximum atomic E-state index is 12.3. The zero-order valence-electron chi connectivity index (χ0n) is 10.6. The number of hydrogen-bond acceptors (Lipinski definition) is 4. The van der Waals surface area contributed by atoms with Gasteiger partial charge in [0.1, 0.15) is 0 Å². The number of carbonyl (C=O) groups excluding carboxylic acids is 1. The molecule has 0 saturated heterocycles. The molecule has 0 aliphatic rings. The van der Waals surface area contributed by atoms with Crippen LogP contribution in [-0.4, -0.2) is 20.7 Å². The number of fused-ring (bicyclic) bond motifs is 1. The number of thiazole rings is 1. The Balaban J connectivity index is 1.92. The molecule has 1 amide bonds. The summed E-state index contributed by atoms with van der Waals surface area (Å²) in [6.07, 6.45) is 0. The van der Waals surface area contributed by atoms with E-state index in [1.165, 1.54) is 11.3 Å². The first-order valence-corrected chi connectivity index (χ1v) is 7.34. The van der Waals surface area contributed by atoms with E-state index < -0.39 is 0 Å². The number of para-hydroxylation sites is 1. The highest BCUT2D eigenvalue weighted by atomic mass is 35.5. The highest BCUT2D eigenvalue weighted by Crippen LogP contribution is 2.21. The second-order valence-corrected chi connectivity index (χ2v) is 5.35. The molecule has 3 rings (SSSR count). The second kappa shape index (κ2) is 5.22. The highest BCUT2D eigenvalue weighted by Gasteiger charge is 2.16. The number of halogens is 1. The Hall–Kier alpha value is -1.92. The van der Waals surface area contributed by atoms with E-state index in [0.717, 1.165) is 16.6 Å². The Bertz CT molecular complexity index is 780. The molecule has 1 N–H and O–H groups in total. The van der Waals surface area contributed by atoms with Crippen molar-refractivity contribution in [1.29, 1.82) is 0 Å². The van der Waals surface area contributed by atoms with Crippen LogP contribution in [0.5, 0.6) is 0 Å². The predicted molar refractivity (Wildman–Crippen MR) is 80.3 cm³/mol. The van der Waals surface area contributed by atoms with Gasteiger partial charge in [0.2, 0.25) is 0 Å². The predicted octanol–water partition coefficient (Wildman–Crippen LogP) is 3.02. The van der Waals surface area contributed by atoms with E-state index in [0.29, 0.717) is 16.7 Å². The first kappa shape index (κ1) is 13.1. The van der Waals surface area contributed by atoms with Gasteiger partial charge in [0.05, 0.1) is 17.1 Å². The summed E-state index contributed by atoms with van der Waals surface area (Å²) < 4.78 is 1.69. The molecule has 0 saturated carbocycles. The van der Waals surface area contributed by atoms with Crippen LogP contribution in [0.4, 0.5) is 5.13 Å². The van der Waals surface area contributed by atoms with Gasteiger partial charge in [-0.25, -0.2) is 4.98 Å². The number of anilines is 1. The quantitative estimate of drug-likeness (QED) is 0.757. The molecule has 3 aromatic rings. The third-order valence-electron chi connectivity index (χ3n) is 2.88. The number of nitrogens with zero attached hydrogens (tertiary/aromatic N) is 3. The molecule has 0 unspecified atom stereocenters. The van der Waals surface area contributed by atoms with Gasteiger partial charge >= 0.3 is 0 Å². The van der Waals surface area contributed by atoms with E-state index in [9.17, 15) is 4.79 Å². The summed E-state index contributed by atoms with van der Waals surface area (Å²) in [5, 5.41) is 10.2. The van der Waals surface area contributed by atoms with Crippen LogP contribution in [0, 0.1) is 0 Å². The molecule has 1 aromatic carbocycles. The van der Waals surface area contributed by atoms with Crippen molar-refractivity contribution in [3.05, 3.63) is 41.0 Å². The third kappa shape index (κ3) is 2.28. The molecule has 0 bridgehead atoms. The van der Waals surface area contributed by atoms with E-state index in [4.69, 9.17) is 11.6 Å². The fraction of sp³-hybridized carbons (Fsp3) is 0.154. The van der Waals surface area contributed by atoms with Crippen molar-refractivity contribution in [3.8, 4) is 0 Å². The summed E-state index contributed by atoms with van der Waals surface area (Å²) in [7, 11) is 1.81. The van der Waals surface area contributed by atoms with Gasteiger partial charge in [0.25, 0.3) is 5.91 Å². The average Bonchev–Trinajstić information content (AvgIpc) is 3.04.